The number of aliphatic carboxylic acids is 1. The molecule has 0 spiro atoms. The summed E-state index contributed by atoms with van der Waals surface area (Å²) in [6.07, 6.45) is 1.80. The van der Waals surface area contributed by atoms with E-state index >= 15 is 0 Å². The molecule has 168 valence electrons. The summed E-state index contributed by atoms with van der Waals surface area (Å²) in [4.78, 5) is 44.4. The Bertz CT molecular complexity index is 1070. The molecule has 2 aromatic rings. The molecule has 0 saturated carbocycles. The number of pyridine rings is 1. The van der Waals surface area contributed by atoms with Gasteiger partial charge < -0.3 is 25.5 Å². The van der Waals surface area contributed by atoms with Crippen LogP contribution in [-0.4, -0.2) is 64.4 Å². The van der Waals surface area contributed by atoms with Crippen LogP contribution in [0.15, 0.2) is 30.3 Å². The molecule has 0 aliphatic carbocycles. The third-order valence-electron chi connectivity index (χ3n) is 5.84. The van der Waals surface area contributed by atoms with Crippen LogP contribution >= 0.6 is 0 Å². The van der Waals surface area contributed by atoms with E-state index in [-0.39, 0.29) is 18.2 Å². The lowest BCUT2D eigenvalue weighted by atomic mass is 10.1. The minimum absolute atomic E-state index is 0.152. The molecule has 3 N–H and O–H groups in total. The fraction of sp³-hybridized carbons (Fsp3) is 0.391. The highest BCUT2D eigenvalue weighted by Gasteiger charge is 2.29. The third-order valence-corrected chi connectivity index (χ3v) is 5.84. The maximum Gasteiger partial charge on any atom is 0.305 e. The van der Waals surface area contributed by atoms with E-state index in [0.29, 0.717) is 24.3 Å². The first-order chi connectivity index (χ1) is 15.3. The summed E-state index contributed by atoms with van der Waals surface area (Å²) in [5.41, 5.74) is 3.95. The number of rotatable bonds is 5. The summed E-state index contributed by atoms with van der Waals surface area (Å²) >= 11 is 0. The van der Waals surface area contributed by atoms with Gasteiger partial charge in [0.05, 0.1) is 18.7 Å². The van der Waals surface area contributed by atoms with Crippen molar-refractivity contribution in [3.63, 3.8) is 0 Å². The van der Waals surface area contributed by atoms with E-state index in [4.69, 9.17) is 5.11 Å². The van der Waals surface area contributed by atoms with Gasteiger partial charge in [0.1, 0.15) is 11.9 Å². The van der Waals surface area contributed by atoms with Crippen LogP contribution in [-0.2, 0) is 29.1 Å². The molecule has 1 unspecified atom stereocenters. The highest BCUT2D eigenvalue weighted by molar-refractivity contribution is 5.95. The summed E-state index contributed by atoms with van der Waals surface area (Å²) < 4.78 is 0. The number of carboxylic acids is 1. The van der Waals surface area contributed by atoms with Crippen molar-refractivity contribution in [1.29, 1.82) is 0 Å². The third kappa shape index (κ3) is 4.51. The molecule has 2 aliphatic heterocycles. The molecule has 0 saturated heterocycles. The van der Waals surface area contributed by atoms with Gasteiger partial charge in [-0.2, -0.15) is 0 Å². The number of hydrogen-bond acceptors (Lipinski definition) is 6. The molecular weight excluding hydrogens is 410 g/mol. The molecule has 1 aromatic heterocycles. The van der Waals surface area contributed by atoms with E-state index in [9.17, 15) is 14.4 Å². The topological polar surface area (TPSA) is 115 Å². The van der Waals surface area contributed by atoms with Crippen LogP contribution < -0.4 is 10.6 Å². The Hall–Kier alpha value is -3.62. The minimum atomic E-state index is -1.05. The molecular formula is C23H27N5O4. The zero-order valence-electron chi connectivity index (χ0n) is 18.2. The second-order valence-corrected chi connectivity index (χ2v) is 8.36. The minimum Gasteiger partial charge on any atom is -0.481 e. The Morgan fingerprint density at radius 1 is 1.25 bits per heavy atom. The summed E-state index contributed by atoms with van der Waals surface area (Å²) in [5.74, 6) is -0.595. The monoisotopic (exact) mass is 437 g/mol. The van der Waals surface area contributed by atoms with Gasteiger partial charge in [0.25, 0.3) is 5.91 Å². The average molecular weight is 438 g/mol. The summed E-state index contributed by atoms with van der Waals surface area (Å²) in [6.45, 7) is 1.58. The maximum atomic E-state index is 13.1. The van der Waals surface area contributed by atoms with Crippen LogP contribution in [0.2, 0.25) is 0 Å². The van der Waals surface area contributed by atoms with E-state index in [2.05, 4.69) is 21.7 Å². The largest absolute Gasteiger partial charge is 0.481 e. The smallest absolute Gasteiger partial charge is 0.305 e. The van der Waals surface area contributed by atoms with Crippen molar-refractivity contribution in [1.82, 2.24) is 14.8 Å². The number of amides is 2. The number of nitrogens with zero attached hydrogens (tertiary/aromatic N) is 3. The molecule has 2 aliphatic rings. The normalized spacial score (nSPS) is 17.4. The molecule has 0 radical (unpaired) electrons. The molecule has 1 atom stereocenters. The number of aromatic nitrogens is 1. The van der Waals surface area contributed by atoms with Gasteiger partial charge in [-0.25, -0.2) is 4.98 Å². The van der Waals surface area contributed by atoms with Gasteiger partial charge in [-0.1, -0.05) is 6.07 Å². The van der Waals surface area contributed by atoms with Gasteiger partial charge in [0.2, 0.25) is 5.91 Å². The van der Waals surface area contributed by atoms with Gasteiger partial charge in [-0.3, -0.25) is 14.4 Å². The lowest BCUT2D eigenvalue weighted by molar-refractivity contribution is -0.141. The molecule has 0 fully saturated rings. The Morgan fingerprint density at radius 2 is 2.06 bits per heavy atom. The number of carbonyl (C=O) groups is 3. The van der Waals surface area contributed by atoms with E-state index in [0.717, 1.165) is 36.5 Å². The molecule has 32 heavy (non-hydrogen) atoms. The maximum absolute atomic E-state index is 13.1. The zero-order chi connectivity index (χ0) is 22.8. The highest BCUT2D eigenvalue weighted by Crippen LogP contribution is 2.26. The number of carboxylic acid groups (broad SMARTS) is 1. The Morgan fingerprint density at radius 3 is 2.84 bits per heavy atom. The summed E-state index contributed by atoms with van der Waals surface area (Å²) in [7, 11) is 3.36. The number of likely N-dealkylation sites (N-methyl/N-ethyl adjacent to an activating group) is 1. The summed E-state index contributed by atoms with van der Waals surface area (Å²) in [5, 5.41) is 15.4. The van der Waals surface area contributed by atoms with E-state index in [1.165, 1.54) is 10.5 Å². The van der Waals surface area contributed by atoms with Gasteiger partial charge in [0.15, 0.2) is 0 Å². The molecule has 4 rings (SSSR count). The molecule has 3 heterocycles. The predicted molar refractivity (Wildman–Crippen MR) is 119 cm³/mol. The predicted octanol–water partition coefficient (Wildman–Crippen LogP) is 1.94. The van der Waals surface area contributed by atoms with Gasteiger partial charge in [-0.15, -0.1) is 0 Å². The van der Waals surface area contributed by atoms with Crippen molar-refractivity contribution < 1.29 is 19.5 Å². The first-order valence-corrected chi connectivity index (χ1v) is 10.7. The number of anilines is 2. The number of hydrogen-bond donors (Lipinski definition) is 3. The lowest BCUT2D eigenvalue weighted by Crippen LogP contribution is -2.39. The number of benzene rings is 1. The van der Waals surface area contributed by atoms with Crippen LogP contribution in [0.4, 0.5) is 11.5 Å². The van der Waals surface area contributed by atoms with Crippen LogP contribution in [0.25, 0.3) is 0 Å². The molecule has 9 nitrogen and oxygen atoms in total. The van der Waals surface area contributed by atoms with Gasteiger partial charge >= 0.3 is 5.97 Å². The number of fused-ring (bicyclic) bond motifs is 2. The first-order valence-electron chi connectivity index (χ1n) is 10.7. The van der Waals surface area contributed by atoms with Gasteiger partial charge in [-0.05, 0) is 48.2 Å². The molecule has 2 amide bonds. The second kappa shape index (κ2) is 8.86. The Labute approximate surface area is 186 Å². The van der Waals surface area contributed by atoms with Crippen molar-refractivity contribution in [2.45, 2.75) is 38.4 Å². The molecule has 0 bridgehead atoms. The van der Waals surface area contributed by atoms with E-state index < -0.39 is 12.0 Å². The van der Waals surface area contributed by atoms with Crippen molar-refractivity contribution in [2.75, 3.05) is 31.3 Å². The van der Waals surface area contributed by atoms with Gasteiger partial charge in [0, 0.05) is 38.4 Å². The fourth-order valence-electron chi connectivity index (χ4n) is 4.15. The van der Waals surface area contributed by atoms with E-state index in [1.54, 1.807) is 37.2 Å². The zero-order valence-corrected chi connectivity index (χ0v) is 18.2. The highest BCUT2D eigenvalue weighted by atomic mass is 16.4. The first kappa shape index (κ1) is 21.6. The Kier molecular flexibility index (Phi) is 5.98. The molecule has 1 aromatic carbocycles. The van der Waals surface area contributed by atoms with Crippen LogP contribution in [0.5, 0.6) is 0 Å². The quantitative estimate of drug-likeness (QED) is 0.655. The van der Waals surface area contributed by atoms with Crippen LogP contribution in [0.1, 0.15) is 40.0 Å². The number of carbonyl (C=O) groups excluding carboxylic acids is 2. The number of nitrogens with one attached hydrogen (secondary N) is 2. The Balaban J connectivity index is 1.50. The van der Waals surface area contributed by atoms with Crippen molar-refractivity contribution in [3.05, 3.63) is 52.7 Å². The molecule has 9 heteroatoms. The van der Waals surface area contributed by atoms with E-state index in [1.807, 2.05) is 6.07 Å². The standard InChI is InChI=1S/C23H27N5O4/c1-27-12-16-10-15(6-8-18(16)26-19(23(27)32)11-20(29)30)22(31)28(2)13-17-7-5-14-4-3-9-24-21(14)25-17/h5-8,10,19,26H,3-4,9,11-13H2,1-2H3,(H,24,25)(H,29,30). The van der Waals surface area contributed by atoms with Crippen molar-refractivity contribution >= 4 is 29.3 Å². The number of aryl methyl sites for hydroxylation is 1. The fourth-order valence-corrected chi connectivity index (χ4v) is 4.15. The SMILES string of the molecule is CN(Cc1ccc2c(n1)NCCC2)C(=O)c1ccc2c(c1)CN(C)C(=O)C(CC(=O)O)N2. The van der Waals surface area contributed by atoms with Crippen LogP contribution in [0.3, 0.4) is 0 Å². The van der Waals surface area contributed by atoms with Crippen molar-refractivity contribution in [3.8, 4) is 0 Å². The van der Waals surface area contributed by atoms with Crippen LogP contribution in [0, 0.1) is 0 Å². The lowest BCUT2D eigenvalue weighted by Gasteiger charge is -2.21. The summed E-state index contributed by atoms with van der Waals surface area (Å²) in [6, 6.07) is 8.37. The van der Waals surface area contributed by atoms with Crippen molar-refractivity contribution in [2.24, 2.45) is 0 Å². The second-order valence-electron chi connectivity index (χ2n) is 8.36. The average Bonchev–Trinajstić information content (AvgIpc) is 2.88.